The zero-order chi connectivity index (χ0) is 27.8. The Kier molecular flexibility index (Phi) is 10.0. The molecule has 1 aromatic heterocycles. The van der Waals surface area contributed by atoms with Crippen molar-refractivity contribution in [3.63, 3.8) is 0 Å². The van der Waals surface area contributed by atoms with Crippen LogP contribution < -0.4 is 4.90 Å². The second-order valence-electron chi connectivity index (χ2n) is 8.59. The van der Waals surface area contributed by atoms with Gasteiger partial charge in [-0.15, -0.1) is 16.2 Å². The van der Waals surface area contributed by atoms with E-state index in [0.717, 1.165) is 28.4 Å². The number of carbonyl (C=O) groups excluding carboxylic acids is 2. The molecular formula is C27H29F2N3O5S. The minimum atomic E-state index is -0.857. The number of amides is 1. The lowest BCUT2D eigenvalue weighted by Crippen LogP contribution is -2.33. The maximum Gasteiger partial charge on any atom is 0.415 e. The highest BCUT2D eigenvalue weighted by Crippen LogP contribution is 2.44. The highest BCUT2D eigenvalue weighted by molar-refractivity contribution is 7.20. The number of thiophene rings is 1. The van der Waals surface area contributed by atoms with E-state index < -0.39 is 30.2 Å². The third-order valence-electron chi connectivity index (χ3n) is 5.45. The van der Waals surface area contributed by atoms with Crippen molar-refractivity contribution in [2.75, 3.05) is 32.2 Å². The molecule has 3 rings (SSSR count). The zero-order valence-corrected chi connectivity index (χ0v) is 22.4. The summed E-state index contributed by atoms with van der Waals surface area (Å²) in [5.41, 5.74) is 1.20. The summed E-state index contributed by atoms with van der Waals surface area (Å²) in [5.74, 6) is -2.35. The van der Waals surface area contributed by atoms with E-state index in [1.165, 1.54) is 18.2 Å². The summed E-state index contributed by atoms with van der Waals surface area (Å²) >= 11 is 1.09. The Morgan fingerprint density at radius 2 is 1.61 bits per heavy atom. The van der Waals surface area contributed by atoms with Crippen molar-refractivity contribution >= 4 is 34.1 Å². The molecule has 38 heavy (non-hydrogen) atoms. The summed E-state index contributed by atoms with van der Waals surface area (Å²) in [4.78, 5) is 41.1. The number of carbonyl (C=O) groups is 2. The summed E-state index contributed by atoms with van der Waals surface area (Å²) < 4.78 is 40.0. The molecule has 2 aromatic carbocycles. The lowest BCUT2D eigenvalue weighted by atomic mass is 10.0. The van der Waals surface area contributed by atoms with E-state index >= 15 is 0 Å². The van der Waals surface area contributed by atoms with Gasteiger partial charge in [-0.05, 0) is 62.4 Å². The number of nitrogens with zero attached hydrogens (tertiary/aromatic N) is 3. The van der Waals surface area contributed by atoms with Gasteiger partial charge in [0.05, 0.1) is 25.3 Å². The Balaban J connectivity index is 2.29. The summed E-state index contributed by atoms with van der Waals surface area (Å²) in [6.45, 7) is 3.40. The first-order chi connectivity index (χ1) is 18.2. The molecule has 0 saturated heterocycles. The number of anilines is 1. The van der Waals surface area contributed by atoms with Gasteiger partial charge in [-0.25, -0.2) is 18.4 Å². The molecule has 3 aromatic rings. The first-order valence-corrected chi connectivity index (χ1v) is 12.8. The van der Waals surface area contributed by atoms with Gasteiger partial charge in [0.25, 0.3) is 0 Å². The molecule has 11 heteroatoms. The predicted octanol–water partition coefficient (Wildman–Crippen LogP) is 6.88. The first-order valence-electron chi connectivity index (χ1n) is 12.0. The standard InChI is InChI=1S/C27H29F2N3O5S/c1-5-14-37-27(34)32(16-19-21(28)8-7-9-22(19)29)25-23(26(33)36-6-2)20(15-31(3)4)24(38-25)17-10-12-18(30-35)13-11-17/h7-13H,5-6,14-16H2,1-4H3. The molecule has 8 nitrogen and oxygen atoms in total. The molecule has 0 fully saturated rings. The average molecular weight is 546 g/mol. The van der Waals surface area contributed by atoms with Gasteiger partial charge in [0, 0.05) is 22.5 Å². The second-order valence-corrected chi connectivity index (χ2v) is 9.59. The highest BCUT2D eigenvalue weighted by atomic mass is 32.1. The molecule has 0 spiro atoms. The second kappa shape index (κ2) is 13.2. The summed E-state index contributed by atoms with van der Waals surface area (Å²) in [6, 6.07) is 9.85. The molecule has 0 saturated carbocycles. The summed E-state index contributed by atoms with van der Waals surface area (Å²) in [5, 5.41) is 3.06. The fraction of sp³-hybridized carbons (Fsp3) is 0.333. The minimum absolute atomic E-state index is 0.0762. The number of rotatable bonds is 11. The van der Waals surface area contributed by atoms with E-state index in [4.69, 9.17) is 9.47 Å². The Hall–Kier alpha value is -3.70. The van der Waals surface area contributed by atoms with Crippen LogP contribution in [0.4, 0.5) is 24.3 Å². The molecule has 0 atom stereocenters. The molecule has 1 amide bonds. The average Bonchev–Trinajstić information content (AvgIpc) is 3.25. The van der Waals surface area contributed by atoms with Crippen LogP contribution in [0.2, 0.25) is 0 Å². The van der Waals surface area contributed by atoms with Crippen molar-refractivity contribution in [3.8, 4) is 10.4 Å². The predicted molar refractivity (Wildman–Crippen MR) is 143 cm³/mol. The Labute approximate surface area is 223 Å². The largest absolute Gasteiger partial charge is 0.462 e. The van der Waals surface area contributed by atoms with E-state index in [-0.39, 0.29) is 35.0 Å². The van der Waals surface area contributed by atoms with Crippen LogP contribution in [-0.2, 0) is 22.6 Å². The topological polar surface area (TPSA) is 88.5 Å². The van der Waals surface area contributed by atoms with E-state index in [0.29, 0.717) is 29.0 Å². The van der Waals surface area contributed by atoms with Gasteiger partial charge in [0.15, 0.2) is 0 Å². The normalized spacial score (nSPS) is 10.9. The van der Waals surface area contributed by atoms with Crippen molar-refractivity contribution < 1.29 is 27.8 Å². The maximum atomic E-state index is 14.7. The van der Waals surface area contributed by atoms with E-state index in [2.05, 4.69) is 5.18 Å². The molecule has 0 aliphatic carbocycles. The van der Waals surface area contributed by atoms with E-state index in [1.807, 2.05) is 25.9 Å². The molecule has 0 bridgehead atoms. The number of esters is 1. The lowest BCUT2D eigenvalue weighted by molar-refractivity contribution is 0.0526. The lowest BCUT2D eigenvalue weighted by Gasteiger charge is -2.23. The Morgan fingerprint density at radius 3 is 2.16 bits per heavy atom. The number of benzene rings is 2. The van der Waals surface area contributed by atoms with Crippen molar-refractivity contribution in [1.82, 2.24) is 4.90 Å². The van der Waals surface area contributed by atoms with Crippen molar-refractivity contribution in [3.05, 3.63) is 75.7 Å². The number of ether oxygens (including phenoxy) is 2. The van der Waals surface area contributed by atoms with Crippen LogP contribution in [0.1, 0.15) is 41.8 Å². The Morgan fingerprint density at radius 1 is 0.947 bits per heavy atom. The number of halogens is 2. The van der Waals surface area contributed by atoms with Crippen molar-refractivity contribution in [1.29, 1.82) is 0 Å². The summed E-state index contributed by atoms with van der Waals surface area (Å²) in [6.07, 6.45) is -0.332. The number of hydrogen-bond donors (Lipinski definition) is 0. The van der Waals surface area contributed by atoms with Gasteiger partial charge < -0.3 is 14.4 Å². The van der Waals surface area contributed by atoms with Crippen LogP contribution in [0.25, 0.3) is 10.4 Å². The van der Waals surface area contributed by atoms with Gasteiger partial charge in [-0.2, -0.15) is 0 Å². The van der Waals surface area contributed by atoms with Gasteiger partial charge in [-0.3, -0.25) is 4.90 Å². The van der Waals surface area contributed by atoms with Gasteiger partial charge in [0.1, 0.15) is 22.3 Å². The summed E-state index contributed by atoms with van der Waals surface area (Å²) in [7, 11) is 3.63. The monoisotopic (exact) mass is 545 g/mol. The SMILES string of the molecule is CCCOC(=O)N(Cc1c(F)cccc1F)c1sc(-c2ccc(N=O)cc2)c(CN(C)C)c1C(=O)OCC. The van der Waals surface area contributed by atoms with Crippen molar-refractivity contribution in [2.45, 2.75) is 33.4 Å². The Bertz CT molecular complexity index is 1270. The molecule has 0 N–H and O–H groups in total. The number of nitroso groups, excluding NO2 is 1. The molecular weight excluding hydrogens is 516 g/mol. The molecule has 0 aliphatic rings. The van der Waals surface area contributed by atoms with Crippen LogP contribution in [0, 0.1) is 16.5 Å². The fourth-order valence-corrected chi connectivity index (χ4v) is 5.05. The molecule has 0 radical (unpaired) electrons. The van der Waals surface area contributed by atoms with E-state index in [9.17, 15) is 23.3 Å². The minimum Gasteiger partial charge on any atom is -0.462 e. The van der Waals surface area contributed by atoms with Gasteiger partial charge >= 0.3 is 12.1 Å². The van der Waals surface area contributed by atoms with Gasteiger partial charge in [0.2, 0.25) is 0 Å². The van der Waals surface area contributed by atoms with Crippen LogP contribution in [-0.4, -0.2) is 44.3 Å². The van der Waals surface area contributed by atoms with E-state index in [1.54, 1.807) is 19.1 Å². The zero-order valence-electron chi connectivity index (χ0n) is 21.6. The third-order valence-corrected chi connectivity index (χ3v) is 6.75. The molecule has 0 aliphatic heterocycles. The van der Waals surface area contributed by atoms with Crippen LogP contribution >= 0.6 is 11.3 Å². The van der Waals surface area contributed by atoms with Gasteiger partial charge in [-0.1, -0.05) is 25.1 Å². The van der Waals surface area contributed by atoms with Crippen LogP contribution in [0.5, 0.6) is 0 Å². The van der Waals surface area contributed by atoms with Crippen LogP contribution in [0.15, 0.2) is 47.6 Å². The molecule has 202 valence electrons. The maximum absolute atomic E-state index is 14.7. The quantitative estimate of drug-likeness (QED) is 0.193. The highest BCUT2D eigenvalue weighted by Gasteiger charge is 2.33. The van der Waals surface area contributed by atoms with Crippen molar-refractivity contribution in [2.24, 2.45) is 5.18 Å². The first kappa shape index (κ1) is 28.9. The fourth-order valence-electron chi connectivity index (χ4n) is 3.76. The molecule has 0 unspecified atom stereocenters. The van der Waals surface area contributed by atoms with Crippen LogP contribution in [0.3, 0.4) is 0 Å². The third kappa shape index (κ3) is 6.59. The smallest absolute Gasteiger partial charge is 0.415 e. The number of hydrogen-bond acceptors (Lipinski definition) is 8. The molecule has 1 heterocycles.